The minimum absolute atomic E-state index is 0.0518. The van der Waals surface area contributed by atoms with Gasteiger partial charge in [-0.3, -0.25) is 9.59 Å². The number of nitrogens with one attached hydrogen (secondary N) is 1. The Morgan fingerprint density at radius 2 is 2.17 bits per heavy atom. The molecule has 130 valence electrons. The molecule has 0 bridgehead atoms. The maximum absolute atomic E-state index is 12.8. The average Bonchev–Trinajstić information content (AvgIpc) is 3.07. The molecule has 2 amide bonds. The lowest BCUT2D eigenvalue weighted by Crippen LogP contribution is -2.41. The van der Waals surface area contributed by atoms with Gasteiger partial charge in [0, 0.05) is 11.6 Å². The fourth-order valence-corrected chi connectivity index (χ4v) is 3.86. The number of amides is 2. The first-order valence-electron chi connectivity index (χ1n) is 8.84. The number of nitrogens with zero attached hydrogens (tertiary/aromatic N) is 1. The number of hydrogen-bond acceptors (Lipinski definition) is 3. The monoisotopic (exact) mass is 330 g/mol. The first kappa shape index (κ1) is 16.8. The standard InChI is InChI=1S/C19H26N2O3/c1-12(2)21-17-7-5-4-6-15(17)16(19(21)23)10-18(22)20-11-14-9-8-13(3)24-14/h8-9,12,17H,4-7,10-11H2,1-3H3,(H,20,22). The molecule has 1 aromatic heterocycles. The van der Waals surface area contributed by atoms with Crippen molar-refractivity contribution in [3.8, 4) is 0 Å². The van der Waals surface area contributed by atoms with Gasteiger partial charge in [-0.15, -0.1) is 0 Å². The van der Waals surface area contributed by atoms with Crippen LogP contribution >= 0.6 is 0 Å². The van der Waals surface area contributed by atoms with Crippen molar-refractivity contribution in [2.24, 2.45) is 0 Å². The lowest BCUT2D eigenvalue weighted by molar-refractivity contribution is -0.130. The molecule has 0 saturated heterocycles. The number of hydrogen-bond donors (Lipinski definition) is 1. The summed E-state index contributed by atoms with van der Waals surface area (Å²) in [7, 11) is 0. The highest BCUT2D eigenvalue weighted by atomic mass is 16.3. The Morgan fingerprint density at radius 3 is 2.83 bits per heavy atom. The van der Waals surface area contributed by atoms with Crippen LogP contribution in [0, 0.1) is 6.92 Å². The zero-order valence-electron chi connectivity index (χ0n) is 14.7. The van der Waals surface area contributed by atoms with Crippen LogP contribution < -0.4 is 5.32 Å². The molecule has 24 heavy (non-hydrogen) atoms. The summed E-state index contributed by atoms with van der Waals surface area (Å²) in [5, 5.41) is 2.86. The highest BCUT2D eigenvalue weighted by Crippen LogP contribution is 2.38. The average molecular weight is 330 g/mol. The maximum Gasteiger partial charge on any atom is 0.251 e. The highest BCUT2D eigenvalue weighted by molar-refractivity contribution is 6.02. The maximum atomic E-state index is 12.8. The summed E-state index contributed by atoms with van der Waals surface area (Å²) >= 11 is 0. The number of fused-ring (bicyclic) bond motifs is 1. The second kappa shape index (κ2) is 6.83. The van der Waals surface area contributed by atoms with Crippen molar-refractivity contribution in [3.05, 3.63) is 34.8 Å². The number of rotatable bonds is 5. The van der Waals surface area contributed by atoms with Crippen LogP contribution in [0.3, 0.4) is 0 Å². The van der Waals surface area contributed by atoms with Gasteiger partial charge in [-0.05, 0) is 57.7 Å². The molecule has 1 N–H and O–H groups in total. The fraction of sp³-hybridized carbons (Fsp3) is 0.579. The SMILES string of the molecule is Cc1ccc(CNC(=O)CC2=C3CCCCC3N(C(C)C)C2=O)o1. The van der Waals surface area contributed by atoms with Gasteiger partial charge < -0.3 is 14.6 Å². The van der Waals surface area contributed by atoms with Crippen molar-refractivity contribution in [3.63, 3.8) is 0 Å². The van der Waals surface area contributed by atoms with E-state index in [1.165, 1.54) is 5.57 Å². The van der Waals surface area contributed by atoms with E-state index in [-0.39, 0.29) is 30.3 Å². The third-order valence-corrected chi connectivity index (χ3v) is 4.94. The van der Waals surface area contributed by atoms with E-state index in [1.807, 2.05) is 37.8 Å². The van der Waals surface area contributed by atoms with E-state index in [0.717, 1.165) is 42.8 Å². The molecule has 1 unspecified atom stereocenters. The molecule has 0 aromatic carbocycles. The molecule has 0 spiro atoms. The second-order valence-corrected chi connectivity index (χ2v) is 7.04. The molecule has 5 heteroatoms. The van der Waals surface area contributed by atoms with Crippen LogP contribution in [0.5, 0.6) is 0 Å². The predicted octanol–water partition coefficient (Wildman–Crippen LogP) is 3.08. The summed E-state index contributed by atoms with van der Waals surface area (Å²) in [4.78, 5) is 27.1. The van der Waals surface area contributed by atoms with Crippen LogP contribution in [0.1, 0.15) is 57.5 Å². The molecular weight excluding hydrogens is 304 g/mol. The van der Waals surface area contributed by atoms with Crippen molar-refractivity contribution in [1.29, 1.82) is 0 Å². The molecule has 1 aromatic rings. The summed E-state index contributed by atoms with van der Waals surface area (Å²) in [5.74, 6) is 1.49. The lowest BCUT2D eigenvalue weighted by Gasteiger charge is -2.33. The van der Waals surface area contributed by atoms with E-state index in [0.29, 0.717) is 6.54 Å². The quantitative estimate of drug-likeness (QED) is 0.902. The Hall–Kier alpha value is -2.04. The van der Waals surface area contributed by atoms with E-state index in [2.05, 4.69) is 5.32 Å². The molecule has 2 heterocycles. The molecule has 0 radical (unpaired) electrons. The third-order valence-electron chi connectivity index (χ3n) is 4.94. The van der Waals surface area contributed by atoms with E-state index in [9.17, 15) is 9.59 Å². The van der Waals surface area contributed by atoms with Crippen LogP contribution in [0.4, 0.5) is 0 Å². The molecule has 1 fully saturated rings. The van der Waals surface area contributed by atoms with Gasteiger partial charge in [0.15, 0.2) is 0 Å². The van der Waals surface area contributed by atoms with Gasteiger partial charge in [-0.1, -0.05) is 6.42 Å². The summed E-state index contributed by atoms with van der Waals surface area (Å²) in [5.41, 5.74) is 1.92. The Morgan fingerprint density at radius 1 is 1.38 bits per heavy atom. The van der Waals surface area contributed by atoms with Crippen molar-refractivity contribution in [2.75, 3.05) is 0 Å². The lowest BCUT2D eigenvalue weighted by atomic mass is 9.88. The summed E-state index contributed by atoms with van der Waals surface area (Å²) in [6.07, 6.45) is 4.41. The van der Waals surface area contributed by atoms with Gasteiger partial charge in [0.1, 0.15) is 11.5 Å². The van der Waals surface area contributed by atoms with Gasteiger partial charge in [0.2, 0.25) is 5.91 Å². The van der Waals surface area contributed by atoms with Crippen LogP contribution in [0.25, 0.3) is 0 Å². The van der Waals surface area contributed by atoms with Gasteiger partial charge in [-0.2, -0.15) is 0 Å². The van der Waals surface area contributed by atoms with Gasteiger partial charge in [0.25, 0.3) is 5.91 Å². The fourth-order valence-electron chi connectivity index (χ4n) is 3.86. The van der Waals surface area contributed by atoms with Crippen LogP contribution in [-0.2, 0) is 16.1 Å². The van der Waals surface area contributed by atoms with Crippen LogP contribution in [0.15, 0.2) is 27.7 Å². The minimum atomic E-state index is -0.116. The Balaban J connectivity index is 1.68. The molecule has 3 rings (SSSR count). The topological polar surface area (TPSA) is 62.6 Å². The van der Waals surface area contributed by atoms with E-state index in [1.54, 1.807) is 0 Å². The van der Waals surface area contributed by atoms with E-state index in [4.69, 9.17) is 4.42 Å². The molecule has 5 nitrogen and oxygen atoms in total. The minimum Gasteiger partial charge on any atom is -0.465 e. The third kappa shape index (κ3) is 3.25. The molecular formula is C19H26N2O3. The summed E-state index contributed by atoms with van der Waals surface area (Å²) in [6, 6.07) is 4.11. The van der Waals surface area contributed by atoms with Crippen LogP contribution in [-0.4, -0.2) is 28.8 Å². The summed E-state index contributed by atoms with van der Waals surface area (Å²) in [6.45, 7) is 6.33. The van der Waals surface area contributed by atoms with Crippen molar-refractivity contribution in [2.45, 2.75) is 71.5 Å². The number of furan rings is 1. The molecule has 1 aliphatic carbocycles. The summed E-state index contributed by atoms with van der Waals surface area (Å²) < 4.78 is 5.46. The predicted molar refractivity (Wildman–Crippen MR) is 91.2 cm³/mol. The second-order valence-electron chi connectivity index (χ2n) is 7.04. The number of aryl methyl sites for hydroxylation is 1. The largest absolute Gasteiger partial charge is 0.465 e. The Kier molecular flexibility index (Phi) is 4.78. The van der Waals surface area contributed by atoms with E-state index < -0.39 is 0 Å². The van der Waals surface area contributed by atoms with Gasteiger partial charge in [0.05, 0.1) is 19.0 Å². The molecule has 1 saturated carbocycles. The molecule has 1 aliphatic heterocycles. The Labute approximate surface area is 143 Å². The zero-order chi connectivity index (χ0) is 17.3. The molecule has 2 aliphatic rings. The highest BCUT2D eigenvalue weighted by Gasteiger charge is 2.41. The van der Waals surface area contributed by atoms with Gasteiger partial charge in [-0.25, -0.2) is 0 Å². The van der Waals surface area contributed by atoms with Crippen molar-refractivity contribution in [1.82, 2.24) is 10.2 Å². The van der Waals surface area contributed by atoms with E-state index >= 15 is 0 Å². The van der Waals surface area contributed by atoms with Gasteiger partial charge >= 0.3 is 0 Å². The molecule has 1 atom stereocenters. The first-order valence-corrected chi connectivity index (χ1v) is 8.84. The smallest absolute Gasteiger partial charge is 0.251 e. The Bertz CT molecular complexity index is 672. The van der Waals surface area contributed by atoms with Crippen LogP contribution in [0.2, 0.25) is 0 Å². The zero-order valence-corrected chi connectivity index (χ0v) is 14.7. The normalized spacial score (nSPS) is 20.8. The number of carbonyl (C=O) groups is 2. The van der Waals surface area contributed by atoms with Crippen molar-refractivity contribution < 1.29 is 14.0 Å². The number of carbonyl (C=O) groups excluding carboxylic acids is 2. The van der Waals surface area contributed by atoms with Crippen molar-refractivity contribution >= 4 is 11.8 Å². The first-order chi connectivity index (χ1) is 11.5.